The Morgan fingerprint density at radius 1 is 1.05 bits per heavy atom. The normalized spacial score (nSPS) is 14.8. The highest BCUT2D eigenvalue weighted by Gasteiger charge is 2.16. The monoisotopic (exact) mass is 294 g/mol. The lowest BCUT2D eigenvalue weighted by atomic mass is 10.0. The number of nitrogens with zero attached hydrogens (tertiary/aromatic N) is 1. The topological polar surface area (TPSA) is 17.0 Å². The summed E-state index contributed by atoms with van der Waals surface area (Å²) in [5.74, 6) is -0.152. The quantitative estimate of drug-likeness (QED) is 0.720. The second-order valence-corrected chi connectivity index (χ2v) is 6.01. The van der Waals surface area contributed by atoms with Crippen LogP contribution in [0.2, 0.25) is 0 Å². The van der Waals surface area contributed by atoms with Gasteiger partial charge in [-0.3, -0.25) is 0 Å². The molecule has 1 aliphatic rings. The lowest BCUT2D eigenvalue weighted by molar-refractivity contribution is 0.630. The minimum Gasteiger partial charge on any atom is -0.343 e. The van der Waals surface area contributed by atoms with Crippen LogP contribution in [0.15, 0.2) is 42.5 Å². The molecule has 3 heteroatoms. The Morgan fingerprint density at radius 3 is 2.86 bits per heavy atom. The van der Waals surface area contributed by atoms with Gasteiger partial charge in [0.1, 0.15) is 5.82 Å². The molecule has 2 nitrogen and oxygen atoms in total. The van der Waals surface area contributed by atoms with Gasteiger partial charge in [0.2, 0.25) is 0 Å². The first kappa shape index (κ1) is 13.5. The van der Waals surface area contributed by atoms with E-state index in [-0.39, 0.29) is 5.82 Å². The number of hydrogen-bond donors (Lipinski definition) is 1. The Hall–Kier alpha value is -2.13. The molecule has 0 atom stereocenters. The van der Waals surface area contributed by atoms with E-state index >= 15 is 0 Å². The van der Waals surface area contributed by atoms with Crippen LogP contribution in [0.3, 0.4) is 0 Å². The molecular weight excluding hydrogens is 275 g/mol. The number of para-hydroxylation sites is 1. The van der Waals surface area contributed by atoms with Crippen LogP contribution in [-0.2, 0) is 13.0 Å². The summed E-state index contributed by atoms with van der Waals surface area (Å²) in [5, 5.41) is 4.63. The average Bonchev–Trinajstić information content (AvgIpc) is 2.72. The van der Waals surface area contributed by atoms with Gasteiger partial charge < -0.3 is 9.88 Å². The third-order valence-corrected chi connectivity index (χ3v) is 4.49. The number of halogens is 1. The summed E-state index contributed by atoms with van der Waals surface area (Å²) >= 11 is 0. The summed E-state index contributed by atoms with van der Waals surface area (Å²) in [6, 6.07) is 13.8. The standard InChI is InChI=1S/C19H19FN2/c1-13-5-6-18(20)17(11-13)16-4-2-3-14-12-15-7-8-21-9-10-22(15)19(14)16/h2-6,11-12,21H,7-10H2,1H3. The molecule has 1 aliphatic heterocycles. The molecule has 22 heavy (non-hydrogen) atoms. The van der Waals surface area contributed by atoms with E-state index in [0.717, 1.165) is 42.7 Å². The van der Waals surface area contributed by atoms with Gasteiger partial charge in [-0.2, -0.15) is 0 Å². The largest absolute Gasteiger partial charge is 0.343 e. The molecule has 0 bridgehead atoms. The third kappa shape index (κ3) is 2.13. The summed E-state index contributed by atoms with van der Waals surface area (Å²) < 4.78 is 16.7. The number of nitrogens with one attached hydrogen (secondary N) is 1. The van der Waals surface area contributed by atoms with Crippen LogP contribution < -0.4 is 5.32 Å². The molecule has 0 saturated heterocycles. The fraction of sp³-hybridized carbons (Fsp3) is 0.263. The maximum absolute atomic E-state index is 14.4. The van der Waals surface area contributed by atoms with E-state index in [1.165, 1.54) is 11.1 Å². The molecule has 0 saturated carbocycles. The first-order valence-electron chi connectivity index (χ1n) is 7.82. The molecular formula is C19H19FN2. The summed E-state index contributed by atoms with van der Waals surface area (Å²) in [6.45, 7) is 4.90. The maximum Gasteiger partial charge on any atom is 0.131 e. The van der Waals surface area contributed by atoms with Gasteiger partial charge in [-0.1, -0.05) is 29.8 Å². The molecule has 0 radical (unpaired) electrons. The summed E-state index contributed by atoms with van der Waals surface area (Å²) in [5.41, 5.74) is 5.26. The van der Waals surface area contributed by atoms with Crippen molar-refractivity contribution in [2.45, 2.75) is 19.9 Å². The third-order valence-electron chi connectivity index (χ3n) is 4.49. The predicted octanol–water partition coefficient (Wildman–Crippen LogP) is 3.90. The lowest BCUT2D eigenvalue weighted by Crippen LogP contribution is -2.17. The van der Waals surface area contributed by atoms with Crippen LogP contribution in [0.1, 0.15) is 11.3 Å². The van der Waals surface area contributed by atoms with Crippen LogP contribution in [0.25, 0.3) is 22.0 Å². The Bertz CT molecular complexity index is 848. The zero-order chi connectivity index (χ0) is 15.1. The number of aromatic nitrogens is 1. The van der Waals surface area contributed by atoms with Crippen molar-refractivity contribution < 1.29 is 4.39 Å². The second kappa shape index (κ2) is 5.25. The predicted molar refractivity (Wildman–Crippen MR) is 88.6 cm³/mol. The van der Waals surface area contributed by atoms with Crippen molar-refractivity contribution in [3.8, 4) is 11.1 Å². The van der Waals surface area contributed by atoms with Crippen LogP contribution in [0, 0.1) is 12.7 Å². The molecule has 0 aliphatic carbocycles. The highest BCUT2D eigenvalue weighted by atomic mass is 19.1. The molecule has 1 N–H and O–H groups in total. The fourth-order valence-corrected chi connectivity index (χ4v) is 3.44. The smallest absolute Gasteiger partial charge is 0.131 e. The van der Waals surface area contributed by atoms with Crippen molar-refractivity contribution >= 4 is 10.9 Å². The van der Waals surface area contributed by atoms with E-state index < -0.39 is 0 Å². The van der Waals surface area contributed by atoms with E-state index in [0.29, 0.717) is 5.56 Å². The fourth-order valence-electron chi connectivity index (χ4n) is 3.44. The van der Waals surface area contributed by atoms with Gasteiger partial charge in [0, 0.05) is 48.3 Å². The van der Waals surface area contributed by atoms with E-state index in [4.69, 9.17) is 0 Å². The molecule has 2 aromatic carbocycles. The van der Waals surface area contributed by atoms with Crippen molar-refractivity contribution in [3.63, 3.8) is 0 Å². The van der Waals surface area contributed by atoms with Crippen molar-refractivity contribution in [2.24, 2.45) is 0 Å². The number of aryl methyl sites for hydroxylation is 1. The Morgan fingerprint density at radius 2 is 1.95 bits per heavy atom. The summed E-state index contributed by atoms with van der Waals surface area (Å²) in [7, 11) is 0. The van der Waals surface area contributed by atoms with Crippen LogP contribution in [0.4, 0.5) is 4.39 Å². The Labute approximate surface area is 129 Å². The van der Waals surface area contributed by atoms with Gasteiger partial charge in [-0.15, -0.1) is 0 Å². The molecule has 4 rings (SSSR count). The number of hydrogen-bond acceptors (Lipinski definition) is 1. The lowest BCUT2D eigenvalue weighted by Gasteiger charge is -2.12. The van der Waals surface area contributed by atoms with Gasteiger partial charge in [0.15, 0.2) is 0 Å². The molecule has 0 unspecified atom stereocenters. The Balaban J connectivity index is 2.02. The highest BCUT2D eigenvalue weighted by Crippen LogP contribution is 2.33. The molecule has 0 spiro atoms. The van der Waals surface area contributed by atoms with Gasteiger partial charge in [-0.05, 0) is 25.1 Å². The SMILES string of the molecule is Cc1ccc(F)c(-c2cccc3cc4n(c23)CCNCC4)c1. The Kier molecular flexibility index (Phi) is 3.23. The summed E-state index contributed by atoms with van der Waals surface area (Å²) in [6.07, 6.45) is 1.02. The maximum atomic E-state index is 14.4. The van der Waals surface area contributed by atoms with E-state index in [1.54, 1.807) is 6.07 Å². The second-order valence-electron chi connectivity index (χ2n) is 6.01. The van der Waals surface area contributed by atoms with Gasteiger partial charge >= 0.3 is 0 Å². The van der Waals surface area contributed by atoms with E-state index in [1.807, 2.05) is 31.2 Å². The molecule has 1 aromatic heterocycles. The molecule has 3 aromatic rings. The summed E-state index contributed by atoms with van der Waals surface area (Å²) in [4.78, 5) is 0. The van der Waals surface area contributed by atoms with Gasteiger partial charge in [0.25, 0.3) is 0 Å². The van der Waals surface area contributed by atoms with Crippen LogP contribution in [-0.4, -0.2) is 17.7 Å². The van der Waals surface area contributed by atoms with E-state index in [9.17, 15) is 4.39 Å². The van der Waals surface area contributed by atoms with E-state index in [2.05, 4.69) is 22.0 Å². The minimum absolute atomic E-state index is 0.152. The van der Waals surface area contributed by atoms with Gasteiger partial charge in [-0.25, -0.2) is 4.39 Å². The minimum atomic E-state index is -0.152. The number of benzene rings is 2. The van der Waals surface area contributed by atoms with Crippen LogP contribution >= 0.6 is 0 Å². The van der Waals surface area contributed by atoms with Crippen molar-refractivity contribution in [2.75, 3.05) is 13.1 Å². The molecule has 2 heterocycles. The number of rotatable bonds is 1. The van der Waals surface area contributed by atoms with Crippen molar-refractivity contribution in [1.29, 1.82) is 0 Å². The van der Waals surface area contributed by atoms with Crippen molar-refractivity contribution in [3.05, 3.63) is 59.5 Å². The molecule has 0 amide bonds. The molecule has 112 valence electrons. The highest BCUT2D eigenvalue weighted by molar-refractivity contribution is 5.95. The van der Waals surface area contributed by atoms with Crippen LogP contribution in [0.5, 0.6) is 0 Å². The first-order chi connectivity index (χ1) is 10.7. The number of fused-ring (bicyclic) bond motifs is 3. The first-order valence-corrected chi connectivity index (χ1v) is 7.82. The van der Waals surface area contributed by atoms with Crippen molar-refractivity contribution in [1.82, 2.24) is 9.88 Å². The van der Waals surface area contributed by atoms with Gasteiger partial charge in [0.05, 0.1) is 5.52 Å². The average molecular weight is 294 g/mol. The zero-order valence-electron chi connectivity index (χ0n) is 12.7. The zero-order valence-corrected chi connectivity index (χ0v) is 12.7. The molecule has 0 fully saturated rings.